The molecule has 0 bridgehead atoms. The number of urea groups is 4. The lowest BCUT2D eigenvalue weighted by Gasteiger charge is -2.52. The van der Waals surface area contributed by atoms with E-state index in [1.165, 1.54) is 19.6 Å². The van der Waals surface area contributed by atoms with Crippen molar-refractivity contribution in [2.45, 2.75) is 102 Å². The molecule has 32 heteroatoms. The minimum absolute atomic E-state index is 0.0981. The van der Waals surface area contributed by atoms with Crippen LogP contribution in [0, 0.1) is 0 Å². The maximum absolute atomic E-state index is 15.5. The highest BCUT2D eigenvalue weighted by Crippen LogP contribution is 2.60. The molecular formula is C50H56N8O20S4-4. The zero-order valence-corrected chi connectivity index (χ0v) is 48.0. The molecule has 0 aromatic heterocycles. The highest BCUT2D eigenvalue weighted by Gasteiger charge is 2.81. The zero-order valence-electron chi connectivity index (χ0n) is 44.7. The van der Waals surface area contributed by atoms with Crippen LogP contribution in [0.3, 0.4) is 0 Å². The van der Waals surface area contributed by atoms with Crippen molar-refractivity contribution in [3.8, 4) is 23.0 Å². The zero-order chi connectivity index (χ0) is 59.1. The van der Waals surface area contributed by atoms with Gasteiger partial charge in [-0.2, -0.15) is 0 Å². The van der Waals surface area contributed by atoms with E-state index in [4.69, 9.17) is 18.9 Å². The first-order chi connectivity index (χ1) is 38.3. The van der Waals surface area contributed by atoms with Gasteiger partial charge in [0.2, 0.25) is 0 Å². The van der Waals surface area contributed by atoms with Crippen LogP contribution in [0.4, 0.5) is 19.2 Å². The van der Waals surface area contributed by atoms with Crippen molar-refractivity contribution >= 4 is 86.1 Å². The Morgan fingerprint density at radius 3 is 0.756 bits per heavy atom. The molecule has 0 aliphatic carbocycles. The standard InChI is InChI=1S/C50H60N8O20S4/c1-47-49(3)55-29-57-45(61)53-27-33-23-37-38(42(78-16-8-20-82(72,73)74)12-11-41(37)77-15-7-19-81(69,70)71)24-34(33)28-54-46(62)58(50(57,4)48(53,54)2)30-56(49)44(60)52(47)26-32-22-36-35(21-31(32)25-51(47)43(55)59)39(75-13-5-17-79(63,64)65)9-10-40(36)76-14-6-18-80(66,67)68/h9-12,21-24H,5-8,13-20,25-30H2,1-4H3,(H,63,64,65)(H,66,67,68)(H,69,70,71)(H,72,73,74)/p-4. The fraction of sp³-hybridized carbons (Fsp3) is 0.520. The first-order valence-corrected chi connectivity index (χ1v) is 32.4. The topological polar surface area (TPSA) is 360 Å². The number of amides is 8. The molecule has 4 aromatic carbocycles. The molecule has 0 atom stereocenters. The maximum Gasteiger partial charge on any atom is 0.325 e. The minimum Gasteiger partial charge on any atom is -0.748 e. The molecule has 0 N–H and O–H groups in total. The lowest BCUT2D eigenvalue weighted by molar-refractivity contribution is -0.125. The number of fused-ring (bicyclic) bond motifs is 4. The smallest absolute Gasteiger partial charge is 0.325 e. The van der Waals surface area contributed by atoms with Gasteiger partial charge >= 0.3 is 24.1 Å². The van der Waals surface area contributed by atoms with Crippen molar-refractivity contribution in [1.82, 2.24) is 39.2 Å². The normalized spacial score (nSPS) is 24.9. The number of nitrogens with zero attached hydrogens (tertiary/aromatic N) is 8. The van der Waals surface area contributed by atoms with Crippen LogP contribution in [0.1, 0.15) is 75.6 Å². The lowest BCUT2D eigenvalue weighted by atomic mass is 9.92. The van der Waals surface area contributed by atoms with Crippen molar-refractivity contribution < 1.29 is 90.0 Å². The Hall–Kier alpha value is -6.68. The van der Waals surface area contributed by atoms with Gasteiger partial charge in [0.25, 0.3) is 0 Å². The lowest BCUT2D eigenvalue weighted by Crippen LogP contribution is -2.73. The average molecular weight is 1220 g/mol. The van der Waals surface area contributed by atoms with E-state index in [0.29, 0.717) is 43.8 Å². The van der Waals surface area contributed by atoms with Gasteiger partial charge in [0.05, 0.1) is 93.1 Å². The third-order valence-electron chi connectivity index (χ3n) is 17.4. The highest BCUT2D eigenvalue weighted by atomic mass is 32.2. The van der Waals surface area contributed by atoms with Gasteiger partial charge in [-0.3, -0.25) is 39.2 Å². The molecule has 11 rings (SSSR count). The molecule has 444 valence electrons. The molecule has 5 saturated heterocycles. The summed E-state index contributed by atoms with van der Waals surface area (Å²) in [6.07, 6.45) is -0.527. The second kappa shape index (κ2) is 19.5. The van der Waals surface area contributed by atoms with Crippen molar-refractivity contribution in [1.29, 1.82) is 0 Å². The Balaban J connectivity index is 0.957. The predicted octanol–water partition coefficient (Wildman–Crippen LogP) is 2.72. The SMILES string of the molecule is CC12N3Cc4cc5c(OCCCS(=O)(=O)[O-])ccc(OCCCS(=O)(=O)[O-])c5cc4CN1C(=O)N1CN4C(=O)N5Cc6cc7c(OCCCS(=O)(=O)[O-])ccc(OCCCS(=O)(=O)[O-])c7cc6CN6C(=O)N(CN(C3=O)C12C)C4(C)C65C. The molecule has 0 unspecified atom stereocenters. The number of carbonyl (C=O) groups is 4. The molecule has 5 fully saturated rings. The van der Waals surface area contributed by atoms with Crippen LogP contribution in [0.25, 0.3) is 21.5 Å². The number of benzene rings is 4. The van der Waals surface area contributed by atoms with Crippen LogP contribution in [0.5, 0.6) is 23.0 Å². The van der Waals surface area contributed by atoms with Gasteiger partial charge in [-0.25, -0.2) is 52.8 Å². The largest absolute Gasteiger partial charge is 0.748 e. The fourth-order valence-corrected chi connectivity index (χ4v) is 14.8. The van der Waals surface area contributed by atoms with E-state index in [0.717, 1.165) is 0 Å². The van der Waals surface area contributed by atoms with E-state index in [2.05, 4.69) is 0 Å². The summed E-state index contributed by atoms with van der Waals surface area (Å²) in [6, 6.07) is 10.9. The number of hydrogen-bond donors (Lipinski definition) is 0. The first kappa shape index (κ1) is 57.2. The van der Waals surface area contributed by atoms with E-state index in [9.17, 15) is 51.9 Å². The van der Waals surface area contributed by atoms with Crippen LogP contribution in [0.2, 0.25) is 0 Å². The molecule has 7 aliphatic heterocycles. The Morgan fingerprint density at radius 2 is 0.561 bits per heavy atom. The summed E-state index contributed by atoms with van der Waals surface area (Å²) >= 11 is 0. The van der Waals surface area contributed by atoms with Gasteiger partial charge in [-0.1, -0.05) is 0 Å². The summed E-state index contributed by atoms with van der Waals surface area (Å²) < 4.78 is 161. The monoisotopic (exact) mass is 1220 g/mol. The Kier molecular flexibility index (Phi) is 13.6. The van der Waals surface area contributed by atoms with Gasteiger partial charge < -0.3 is 37.2 Å². The molecule has 7 aliphatic rings. The minimum atomic E-state index is -4.55. The van der Waals surface area contributed by atoms with Crippen molar-refractivity contribution in [2.75, 3.05) is 62.8 Å². The van der Waals surface area contributed by atoms with E-state index in [1.807, 2.05) is 0 Å². The van der Waals surface area contributed by atoms with Gasteiger partial charge in [-0.15, -0.1) is 0 Å². The molecule has 7 heterocycles. The molecule has 0 radical (unpaired) electrons. The number of hydrogen-bond acceptors (Lipinski definition) is 20. The maximum atomic E-state index is 15.5. The molecule has 8 amide bonds. The summed E-state index contributed by atoms with van der Waals surface area (Å²) in [5.74, 6) is -1.73. The predicted molar refractivity (Wildman–Crippen MR) is 281 cm³/mol. The second-order valence-electron chi connectivity index (χ2n) is 21.9. The van der Waals surface area contributed by atoms with Crippen LogP contribution in [-0.4, -0.2) is 201 Å². The van der Waals surface area contributed by atoms with E-state index in [1.54, 1.807) is 95.8 Å². The third-order valence-corrected chi connectivity index (χ3v) is 20.6. The van der Waals surface area contributed by atoms with Crippen LogP contribution >= 0.6 is 0 Å². The molecule has 82 heavy (non-hydrogen) atoms. The number of rotatable bonds is 20. The highest BCUT2D eigenvalue weighted by molar-refractivity contribution is 7.86. The van der Waals surface area contributed by atoms with Crippen LogP contribution in [-0.2, 0) is 66.7 Å². The van der Waals surface area contributed by atoms with Gasteiger partial charge in [0.15, 0.2) is 22.7 Å². The summed E-state index contributed by atoms with van der Waals surface area (Å²) in [4.78, 5) is 74.2. The van der Waals surface area contributed by atoms with Gasteiger partial charge in [-0.05, 0) is 124 Å². The average Bonchev–Trinajstić information content (AvgIpc) is 1.53. The Bertz CT molecular complexity index is 3410. The molecule has 0 spiro atoms. The summed E-state index contributed by atoms with van der Waals surface area (Å²) in [5, 5.41) is 1.70. The Morgan fingerprint density at radius 1 is 0.366 bits per heavy atom. The number of carbonyl (C=O) groups excluding carboxylic acids is 4. The van der Waals surface area contributed by atoms with Crippen LogP contribution in [0.15, 0.2) is 48.5 Å². The second-order valence-corrected chi connectivity index (χ2v) is 28.0. The van der Waals surface area contributed by atoms with Gasteiger partial charge in [0, 0.05) is 44.6 Å². The van der Waals surface area contributed by atoms with Crippen molar-refractivity contribution in [2.24, 2.45) is 0 Å². The van der Waals surface area contributed by atoms with Crippen molar-refractivity contribution in [3.05, 3.63) is 70.8 Å². The molecule has 28 nitrogen and oxygen atoms in total. The third kappa shape index (κ3) is 9.10. The quantitative estimate of drug-likeness (QED) is 0.0906. The molecule has 4 aromatic rings. The fourth-order valence-electron chi connectivity index (χ4n) is 13.0. The van der Waals surface area contributed by atoms with E-state index < -0.39 is 124 Å². The Labute approximate surface area is 471 Å². The van der Waals surface area contributed by atoms with E-state index in [-0.39, 0.29) is 101 Å². The van der Waals surface area contributed by atoms with Crippen molar-refractivity contribution in [3.63, 3.8) is 0 Å². The summed E-state index contributed by atoms with van der Waals surface area (Å²) in [7, 11) is -18.2. The van der Waals surface area contributed by atoms with Gasteiger partial charge in [0.1, 0.15) is 36.3 Å². The summed E-state index contributed by atoms with van der Waals surface area (Å²) in [6.45, 7) is 5.04. The summed E-state index contributed by atoms with van der Waals surface area (Å²) in [5.41, 5.74) is -3.86. The first-order valence-electron chi connectivity index (χ1n) is 26.1. The number of ether oxygens (including phenoxy) is 4. The molecular weight excluding hydrogens is 1160 g/mol. The van der Waals surface area contributed by atoms with Crippen LogP contribution < -0.4 is 18.9 Å². The van der Waals surface area contributed by atoms with E-state index >= 15 is 19.2 Å². The molecule has 0 saturated carbocycles.